The number of aromatic nitrogens is 4. The standard InChI is InChI=1S/C40H50N6O2S/c1-25(2)27(5)36(47)46-22-10-20-40(46,49-8)37-43-31-19-16-29(23-32(31)44-37)13-12-28-14-17-30(18-15-28)33-24-41-35(42-33)34-11-9-21-45(34)38(48)39(6,7)26(3)4/h14-19,23-27,34H,9-11,20-22H2,1-8H3,(H,41,42)(H,43,44). The number of carbonyl (C=O) groups excluding carboxylic acids is 2. The zero-order valence-electron chi connectivity index (χ0n) is 30.2. The lowest BCUT2D eigenvalue weighted by Crippen LogP contribution is -2.46. The fraction of sp³-hybridized carbons (Fsp3) is 0.500. The van der Waals surface area contributed by atoms with Crippen molar-refractivity contribution >= 4 is 34.6 Å². The topological polar surface area (TPSA) is 98.0 Å². The lowest BCUT2D eigenvalue weighted by Gasteiger charge is -2.37. The zero-order valence-corrected chi connectivity index (χ0v) is 31.0. The minimum Gasteiger partial charge on any atom is -0.340 e. The smallest absolute Gasteiger partial charge is 0.229 e. The number of thioether (sulfide) groups is 1. The van der Waals surface area contributed by atoms with E-state index >= 15 is 0 Å². The molecule has 49 heavy (non-hydrogen) atoms. The lowest BCUT2D eigenvalue weighted by atomic mass is 9.79. The number of benzene rings is 2. The van der Waals surface area contributed by atoms with Crippen LogP contribution in [0.2, 0.25) is 0 Å². The van der Waals surface area contributed by atoms with Crippen molar-refractivity contribution in [1.29, 1.82) is 0 Å². The number of aromatic amines is 2. The van der Waals surface area contributed by atoms with Gasteiger partial charge in [0.2, 0.25) is 11.8 Å². The summed E-state index contributed by atoms with van der Waals surface area (Å²) in [5, 5.41) is 0. The second kappa shape index (κ2) is 13.7. The van der Waals surface area contributed by atoms with E-state index in [1.165, 1.54) is 0 Å². The van der Waals surface area contributed by atoms with Gasteiger partial charge < -0.3 is 19.8 Å². The number of nitrogens with zero attached hydrogens (tertiary/aromatic N) is 4. The Morgan fingerprint density at radius 3 is 2.39 bits per heavy atom. The van der Waals surface area contributed by atoms with Gasteiger partial charge in [0, 0.05) is 35.5 Å². The molecule has 0 spiro atoms. The Labute approximate surface area is 295 Å². The number of imidazole rings is 2. The molecule has 2 aromatic heterocycles. The van der Waals surface area contributed by atoms with E-state index in [1.807, 2.05) is 67.1 Å². The van der Waals surface area contributed by atoms with Crippen molar-refractivity contribution in [3.63, 3.8) is 0 Å². The number of nitrogens with one attached hydrogen (secondary N) is 2. The first-order valence-corrected chi connectivity index (χ1v) is 18.9. The molecule has 2 aliphatic rings. The van der Waals surface area contributed by atoms with Gasteiger partial charge in [0.25, 0.3) is 0 Å². The highest BCUT2D eigenvalue weighted by Crippen LogP contribution is 2.47. The molecule has 2 aliphatic heterocycles. The predicted molar refractivity (Wildman–Crippen MR) is 199 cm³/mol. The zero-order chi connectivity index (χ0) is 35.1. The summed E-state index contributed by atoms with van der Waals surface area (Å²) in [7, 11) is 0. The van der Waals surface area contributed by atoms with E-state index in [0.717, 1.165) is 83.8 Å². The summed E-state index contributed by atoms with van der Waals surface area (Å²) in [6, 6.07) is 14.2. The van der Waals surface area contributed by atoms with Crippen LogP contribution in [-0.4, -0.2) is 60.9 Å². The number of rotatable bonds is 8. The Balaban J connectivity index is 1.17. The molecule has 2 fully saturated rings. The molecule has 0 bridgehead atoms. The molecule has 9 heteroatoms. The van der Waals surface area contributed by atoms with Gasteiger partial charge in [0.15, 0.2) is 0 Å². The van der Waals surface area contributed by atoms with Crippen molar-refractivity contribution < 1.29 is 9.59 Å². The van der Waals surface area contributed by atoms with Crippen LogP contribution in [0.1, 0.15) is 103 Å². The minimum absolute atomic E-state index is 0.0212. The second-order valence-electron chi connectivity index (χ2n) is 15.0. The molecule has 0 aliphatic carbocycles. The van der Waals surface area contributed by atoms with Crippen LogP contribution in [0.15, 0.2) is 48.7 Å². The number of likely N-dealkylation sites (tertiary alicyclic amines) is 2. The van der Waals surface area contributed by atoms with Crippen LogP contribution in [0.3, 0.4) is 0 Å². The van der Waals surface area contributed by atoms with Crippen molar-refractivity contribution in [2.24, 2.45) is 23.2 Å². The summed E-state index contributed by atoms with van der Waals surface area (Å²) in [5.74, 6) is 9.22. The summed E-state index contributed by atoms with van der Waals surface area (Å²) in [5.41, 5.74) is 5.16. The molecule has 6 rings (SSSR count). The number of H-pyrrole nitrogens is 2. The lowest BCUT2D eigenvalue weighted by molar-refractivity contribution is -0.144. The normalized spacial score (nSPS) is 20.3. The Bertz CT molecular complexity index is 1890. The molecule has 8 nitrogen and oxygen atoms in total. The van der Waals surface area contributed by atoms with Gasteiger partial charge in [-0.05, 0) is 79.7 Å². The largest absolute Gasteiger partial charge is 0.340 e. The first-order chi connectivity index (χ1) is 23.4. The molecule has 258 valence electrons. The monoisotopic (exact) mass is 678 g/mol. The molecule has 4 heterocycles. The Morgan fingerprint density at radius 1 is 0.980 bits per heavy atom. The Morgan fingerprint density at radius 2 is 1.69 bits per heavy atom. The van der Waals surface area contributed by atoms with E-state index in [0.29, 0.717) is 0 Å². The third-order valence-corrected chi connectivity index (χ3v) is 12.4. The molecular weight excluding hydrogens is 629 g/mol. The number of carbonyl (C=O) groups is 2. The van der Waals surface area contributed by atoms with E-state index in [-0.39, 0.29) is 35.6 Å². The molecule has 0 saturated carbocycles. The minimum atomic E-state index is -0.485. The first kappa shape index (κ1) is 34.8. The third kappa shape index (κ3) is 6.52. The van der Waals surface area contributed by atoms with Gasteiger partial charge >= 0.3 is 0 Å². The maximum Gasteiger partial charge on any atom is 0.229 e. The van der Waals surface area contributed by atoms with Gasteiger partial charge in [0.05, 0.1) is 29.0 Å². The average molecular weight is 679 g/mol. The molecule has 0 radical (unpaired) electrons. The van der Waals surface area contributed by atoms with E-state index in [4.69, 9.17) is 9.97 Å². The summed E-state index contributed by atoms with van der Waals surface area (Å²) >= 11 is 1.70. The van der Waals surface area contributed by atoms with Gasteiger partial charge in [-0.1, -0.05) is 72.4 Å². The Hall–Kier alpha value is -4.03. The van der Waals surface area contributed by atoms with E-state index in [1.54, 1.807) is 11.8 Å². The van der Waals surface area contributed by atoms with Crippen molar-refractivity contribution in [3.8, 4) is 23.1 Å². The van der Waals surface area contributed by atoms with Crippen LogP contribution in [0.5, 0.6) is 0 Å². The van der Waals surface area contributed by atoms with Crippen LogP contribution in [0.25, 0.3) is 22.3 Å². The van der Waals surface area contributed by atoms with Gasteiger partial charge in [-0.15, -0.1) is 11.8 Å². The predicted octanol–water partition coefficient (Wildman–Crippen LogP) is 8.13. The molecule has 2 aromatic carbocycles. The van der Waals surface area contributed by atoms with E-state index in [2.05, 4.69) is 67.9 Å². The second-order valence-corrected chi connectivity index (χ2v) is 16.1. The van der Waals surface area contributed by atoms with Gasteiger partial charge in [0.1, 0.15) is 16.5 Å². The van der Waals surface area contributed by atoms with Crippen LogP contribution in [0, 0.1) is 35.0 Å². The molecule has 2 N–H and O–H groups in total. The van der Waals surface area contributed by atoms with Gasteiger partial charge in [-0.25, -0.2) is 9.97 Å². The Kier molecular flexibility index (Phi) is 9.74. The van der Waals surface area contributed by atoms with Crippen molar-refractivity contribution in [3.05, 3.63) is 71.4 Å². The number of hydrogen-bond acceptors (Lipinski definition) is 5. The molecule has 2 saturated heterocycles. The van der Waals surface area contributed by atoms with Gasteiger partial charge in [-0.2, -0.15) is 0 Å². The number of fused-ring (bicyclic) bond motifs is 1. The summed E-state index contributed by atoms with van der Waals surface area (Å²) in [4.78, 5) is 47.3. The molecular formula is C40H50N6O2S. The molecule has 4 aromatic rings. The van der Waals surface area contributed by atoms with Crippen LogP contribution >= 0.6 is 11.8 Å². The summed E-state index contributed by atoms with van der Waals surface area (Å²) in [6.45, 7) is 16.1. The van der Waals surface area contributed by atoms with E-state index in [9.17, 15) is 9.59 Å². The average Bonchev–Trinajstić information content (AvgIpc) is 3.91. The fourth-order valence-electron chi connectivity index (χ4n) is 6.88. The molecule has 3 unspecified atom stereocenters. The number of hydrogen-bond donors (Lipinski definition) is 2. The van der Waals surface area contributed by atoms with Crippen LogP contribution < -0.4 is 0 Å². The SMILES string of the molecule is CSC1(c2nc3ccc(C#Cc4ccc(-c5cnc(C6CCCN6C(=O)C(C)(C)C(C)C)[nH]5)cc4)cc3[nH]2)CCCN1C(=O)C(C)C(C)C. The summed E-state index contributed by atoms with van der Waals surface area (Å²) < 4.78 is 0. The van der Waals surface area contributed by atoms with Crippen LogP contribution in [-0.2, 0) is 14.5 Å². The fourth-order valence-corrected chi connectivity index (χ4v) is 7.92. The number of amides is 2. The van der Waals surface area contributed by atoms with Gasteiger partial charge in [-0.3, -0.25) is 9.59 Å². The van der Waals surface area contributed by atoms with Crippen LogP contribution in [0.4, 0.5) is 0 Å². The summed E-state index contributed by atoms with van der Waals surface area (Å²) in [6.07, 6.45) is 7.68. The highest BCUT2D eigenvalue weighted by atomic mass is 32.2. The van der Waals surface area contributed by atoms with Crippen molar-refractivity contribution in [1.82, 2.24) is 29.7 Å². The maximum atomic E-state index is 13.5. The quantitative estimate of drug-likeness (QED) is 0.184. The van der Waals surface area contributed by atoms with Crippen molar-refractivity contribution in [2.75, 3.05) is 19.3 Å². The third-order valence-electron chi connectivity index (χ3n) is 11.1. The van der Waals surface area contributed by atoms with Crippen molar-refractivity contribution in [2.45, 2.75) is 85.1 Å². The molecule has 2 amide bonds. The maximum absolute atomic E-state index is 13.5. The first-order valence-electron chi connectivity index (χ1n) is 17.7. The molecule has 3 atom stereocenters. The van der Waals surface area contributed by atoms with E-state index < -0.39 is 10.3 Å². The highest BCUT2D eigenvalue weighted by molar-refractivity contribution is 7.99. The highest BCUT2D eigenvalue weighted by Gasteiger charge is 2.48.